The molecule has 7 heteroatoms. The zero-order chi connectivity index (χ0) is 20.8. The number of nitrogen functional groups attached to an aromatic ring is 1. The highest BCUT2D eigenvalue weighted by Gasteiger charge is 2.21. The third kappa shape index (κ3) is 5.60. The van der Waals surface area contributed by atoms with Gasteiger partial charge in [-0.15, -0.1) is 10.2 Å². The summed E-state index contributed by atoms with van der Waals surface area (Å²) < 4.78 is 1.44. The lowest BCUT2D eigenvalue weighted by molar-refractivity contribution is -0.120. The van der Waals surface area contributed by atoms with Crippen molar-refractivity contribution in [3.8, 4) is 11.4 Å². The number of aromatic nitrogens is 3. The molecule has 1 amide bonds. The summed E-state index contributed by atoms with van der Waals surface area (Å²) in [6.45, 7) is 5.91. The van der Waals surface area contributed by atoms with Crippen LogP contribution in [0.1, 0.15) is 31.4 Å². The minimum Gasteiger partial charge on any atom is -0.353 e. The van der Waals surface area contributed by atoms with Gasteiger partial charge in [-0.2, -0.15) is 0 Å². The molecule has 0 bridgehead atoms. The van der Waals surface area contributed by atoms with Gasteiger partial charge in [0.2, 0.25) is 11.1 Å². The van der Waals surface area contributed by atoms with Crippen molar-refractivity contribution in [3.63, 3.8) is 0 Å². The van der Waals surface area contributed by atoms with Crippen molar-refractivity contribution in [1.82, 2.24) is 20.2 Å². The Balaban J connectivity index is 1.55. The van der Waals surface area contributed by atoms with Crippen LogP contribution in [0.3, 0.4) is 0 Å². The molecule has 3 aromatic rings. The van der Waals surface area contributed by atoms with E-state index in [2.05, 4.69) is 27.6 Å². The fourth-order valence-corrected chi connectivity index (χ4v) is 3.71. The van der Waals surface area contributed by atoms with Crippen molar-refractivity contribution >= 4 is 17.7 Å². The lowest BCUT2D eigenvalue weighted by atomic mass is 10.1. The number of carbonyl (C=O) groups excluding carboxylic acids is 1. The van der Waals surface area contributed by atoms with Crippen LogP contribution >= 0.6 is 11.8 Å². The summed E-state index contributed by atoms with van der Waals surface area (Å²) in [6, 6.07) is 18.3. The van der Waals surface area contributed by atoms with Gasteiger partial charge in [-0.3, -0.25) is 4.79 Å². The molecule has 2 unspecified atom stereocenters. The number of aryl methyl sites for hydroxylation is 2. The van der Waals surface area contributed by atoms with E-state index in [1.165, 1.54) is 22.0 Å². The molecule has 0 spiro atoms. The smallest absolute Gasteiger partial charge is 0.233 e. The average Bonchev–Trinajstić information content (AvgIpc) is 3.08. The maximum absolute atomic E-state index is 12.6. The van der Waals surface area contributed by atoms with Crippen LogP contribution < -0.4 is 11.2 Å². The average molecular weight is 410 g/mol. The van der Waals surface area contributed by atoms with Gasteiger partial charge in [0.15, 0.2) is 5.82 Å². The molecule has 2 atom stereocenters. The first-order valence-electron chi connectivity index (χ1n) is 9.72. The Labute approximate surface area is 175 Å². The number of hydrogen-bond acceptors (Lipinski definition) is 5. The van der Waals surface area contributed by atoms with Gasteiger partial charge in [-0.1, -0.05) is 71.9 Å². The van der Waals surface area contributed by atoms with Crippen molar-refractivity contribution in [2.45, 2.75) is 50.1 Å². The minimum atomic E-state index is -0.327. The number of carbonyl (C=O) groups is 1. The SMILES string of the molecule is Cc1ccc(-c2nnc(SC(C)C(=O)NC(C)CCc3ccccc3)n2N)cc1. The monoisotopic (exact) mass is 409 g/mol. The third-order valence-corrected chi connectivity index (χ3v) is 5.78. The Morgan fingerprint density at radius 2 is 1.79 bits per heavy atom. The van der Waals surface area contributed by atoms with E-state index in [1.807, 2.05) is 63.2 Å². The highest BCUT2D eigenvalue weighted by molar-refractivity contribution is 8.00. The summed E-state index contributed by atoms with van der Waals surface area (Å²) in [5.74, 6) is 6.72. The molecule has 0 aliphatic heterocycles. The van der Waals surface area contributed by atoms with Crippen LogP contribution in [-0.4, -0.2) is 32.1 Å². The second-order valence-electron chi connectivity index (χ2n) is 7.24. The molecular formula is C22H27N5OS. The van der Waals surface area contributed by atoms with Crippen LogP contribution in [0.4, 0.5) is 0 Å². The summed E-state index contributed by atoms with van der Waals surface area (Å²) >= 11 is 1.31. The Hall–Kier alpha value is -2.80. The predicted octanol–water partition coefficient (Wildman–Crippen LogP) is 3.59. The zero-order valence-electron chi connectivity index (χ0n) is 17.0. The van der Waals surface area contributed by atoms with E-state index in [0.717, 1.165) is 24.0 Å². The van der Waals surface area contributed by atoms with Gasteiger partial charge < -0.3 is 11.2 Å². The number of thioether (sulfide) groups is 1. The zero-order valence-corrected chi connectivity index (χ0v) is 17.8. The fourth-order valence-electron chi connectivity index (χ4n) is 2.93. The lowest BCUT2D eigenvalue weighted by Crippen LogP contribution is -2.38. The van der Waals surface area contributed by atoms with E-state index >= 15 is 0 Å². The van der Waals surface area contributed by atoms with Crippen molar-refractivity contribution < 1.29 is 4.79 Å². The molecule has 152 valence electrons. The van der Waals surface area contributed by atoms with E-state index in [4.69, 9.17) is 5.84 Å². The topological polar surface area (TPSA) is 85.8 Å². The summed E-state index contributed by atoms with van der Waals surface area (Å²) in [6.07, 6.45) is 1.82. The number of hydrogen-bond donors (Lipinski definition) is 2. The van der Waals surface area contributed by atoms with Crippen molar-refractivity contribution in [2.75, 3.05) is 5.84 Å². The lowest BCUT2D eigenvalue weighted by Gasteiger charge is -2.17. The molecule has 0 saturated carbocycles. The van der Waals surface area contributed by atoms with E-state index in [9.17, 15) is 4.79 Å². The molecule has 0 radical (unpaired) electrons. The molecule has 3 rings (SSSR count). The number of nitrogens with zero attached hydrogens (tertiary/aromatic N) is 3. The molecule has 1 aromatic heterocycles. The third-order valence-electron chi connectivity index (χ3n) is 4.72. The first-order chi connectivity index (χ1) is 13.9. The Kier molecular flexibility index (Phi) is 6.93. The quantitative estimate of drug-likeness (QED) is 0.439. The Morgan fingerprint density at radius 3 is 2.48 bits per heavy atom. The van der Waals surface area contributed by atoms with Gasteiger partial charge in [0.05, 0.1) is 5.25 Å². The van der Waals surface area contributed by atoms with Crippen LogP contribution in [0.25, 0.3) is 11.4 Å². The summed E-state index contributed by atoms with van der Waals surface area (Å²) in [7, 11) is 0. The molecule has 1 heterocycles. The first kappa shape index (κ1) is 20.9. The molecule has 0 fully saturated rings. The van der Waals surface area contributed by atoms with Crippen LogP contribution in [0, 0.1) is 6.92 Å². The number of benzene rings is 2. The van der Waals surface area contributed by atoms with Gasteiger partial charge in [0.25, 0.3) is 0 Å². The van der Waals surface area contributed by atoms with Gasteiger partial charge >= 0.3 is 0 Å². The number of nitrogens with two attached hydrogens (primary N) is 1. The van der Waals surface area contributed by atoms with Gasteiger partial charge in [0, 0.05) is 11.6 Å². The fraction of sp³-hybridized carbons (Fsp3) is 0.318. The molecule has 6 nitrogen and oxygen atoms in total. The normalized spacial score (nSPS) is 13.1. The number of nitrogens with one attached hydrogen (secondary N) is 1. The van der Waals surface area contributed by atoms with E-state index in [-0.39, 0.29) is 17.2 Å². The Morgan fingerprint density at radius 1 is 1.10 bits per heavy atom. The molecule has 0 aliphatic carbocycles. The predicted molar refractivity (Wildman–Crippen MR) is 118 cm³/mol. The summed E-state index contributed by atoms with van der Waals surface area (Å²) in [5.41, 5.74) is 3.33. The van der Waals surface area contributed by atoms with Crippen LogP contribution in [0.2, 0.25) is 0 Å². The maximum atomic E-state index is 12.6. The Bertz CT molecular complexity index is 940. The maximum Gasteiger partial charge on any atom is 0.233 e. The summed E-state index contributed by atoms with van der Waals surface area (Å²) in [5, 5.41) is 11.6. The molecule has 3 N–H and O–H groups in total. The molecule has 29 heavy (non-hydrogen) atoms. The van der Waals surface area contributed by atoms with Crippen LogP contribution in [-0.2, 0) is 11.2 Å². The van der Waals surface area contributed by atoms with Crippen molar-refractivity contribution in [2.24, 2.45) is 0 Å². The van der Waals surface area contributed by atoms with Gasteiger partial charge in [0.1, 0.15) is 0 Å². The number of rotatable bonds is 8. The largest absolute Gasteiger partial charge is 0.353 e. The van der Waals surface area contributed by atoms with Crippen molar-refractivity contribution in [3.05, 3.63) is 65.7 Å². The second-order valence-corrected chi connectivity index (χ2v) is 8.54. The standard InChI is InChI=1S/C22H27N5OS/c1-15-9-13-19(14-10-15)20-25-26-22(27(20)23)29-17(3)21(28)24-16(2)11-12-18-7-5-4-6-8-18/h4-10,13-14,16-17H,11-12,23H2,1-3H3,(H,24,28). The molecule has 0 aliphatic rings. The molecule has 0 saturated heterocycles. The van der Waals surface area contributed by atoms with E-state index in [0.29, 0.717) is 11.0 Å². The number of amides is 1. The van der Waals surface area contributed by atoms with E-state index in [1.54, 1.807) is 0 Å². The van der Waals surface area contributed by atoms with Crippen molar-refractivity contribution in [1.29, 1.82) is 0 Å². The minimum absolute atomic E-state index is 0.0320. The highest BCUT2D eigenvalue weighted by atomic mass is 32.2. The van der Waals surface area contributed by atoms with Gasteiger partial charge in [-0.05, 0) is 39.2 Å². The summed E-state index contributed by atoms with van der Waals surface area (Å²) in [4.78, 5) is 12.6. The van der Waals surface area contributed by atoms with Gasteiger partial charge in [-0.25, -0.2) is 4.68 Å². The molecular weight excluding hydrogens is 382 g/mol. The van der Waals surface area contributed by atoms with Crippen LogP contribution in [0.5, 0.6) is 0 Å². The van der Waals surface area contributed by atoms with Crippen LogP contribution in [0.15, 0.2) is 59.8 Å². The first-order valence-corrected chi connectivity index (χ1v) is 10.6. The van der Waals surface area contributed by atoms with E-state index < -0.39 is 0 Å². The second kappa shape index (κ2) is 9.60. The molecule has 2 aromatic carbocycles. The highest BCUT2D eigenvalue weighted by Crippen LogP contribution is 2.25.